The minimum atomic E-state index is 0.701. The van der Waals surface area contributed by atoms with Crippen LogP contribution in [0.1, 0.15) is 0 Å². The molecule has 0 saturated carbocycles. The Balaban J connectivity index is 2.14. The number of aromatic nitrogens is 1. The van der Waals surface area contributed by atoms with Crippen LogP contribution >= 0.6 is 0 Å². The van der Waals surface area contributed by atoms with Crippen molar-refractivity contribution in [1.82, 2.24) is 4.98 Å². The molecule has 4 heteroatoms. The second-order valence-corrected chi connectivity index (χ2v) is 4.04. The van der Waals surface area contributed by atoms with Gasteiger partial charge < -0.3 is 16.0 Å². The summed E-state index contributed by atoms with van der Waals surface area (Å²) >= 11 is 0. The maximum Gasteiger partial charge on any atom is 0.132 e. The van der Waals surface area contributed by atoms with Crippen molar-refractivity contribution in [3.8, 4) is 0 Å². The van der Waals surface area contributed by atoms with Gasteiger partial charge in [-0.2, -0.15) is 0 Å². The van der Waals surface area contributed by atoms with Gasteiger partial charge in [0, 0.05) is 43.4 Å². The first-order valence-electron chi connectivity index (χ1n) is 5.41. The SMILES string of the molecule is CN(C)c1ccc(Nc2cc(N)ccn2)cc1. The summed E-state index contributed by atoms with van der Waals surface area (Å²) in [5, 5.41) is 3.20. The van der Waals surface area contributed by atoms with E-state index in [1.807, 2.05) is 26.2 Å². The molecule has 0 atom stereocenters. The average molecular weight is 228 g/mol. The van der Waals surface area contributed by atoms with Gasteiger partial charge in [-0.1, -0.05) is 0 Å². The zero-order chi connectivity index (χ0) is 12.3. The van der Waals surface area contributed by atoms with E-state index in [9.17, 15) is 0 Å². The van der Waals surface area contributed by atoms with Crippen LogP contribution in [-0.2, 0) is 0 Å². The fraction of sp³-hybridized carbons (Fsp3) is 0.154. The van der Waals surface area contributed by atoms with E-state index in [0.29, 0.717) is 5.69 Å². The Labute approximate surface area is 101 Å². The fourth-order valence-electron chi connectivity index (χ4n) is 1.51. The molecule has 17 heavy (non-hydrogen) atoms. The smallest absolute Gasteiger partial charge is 0.132 e. The molecule has 1 aromatic heterocycles. The summed E-state index contributed by atoms with van der Waals surface area (Å²) in [6, 6.07) is 11.7. The first kappa shape index (κ1) is 11.3. The lowest BCUT2D eigenvalue weighted by molar-refractivity contribution is 1.13. The number of nitrogens with one attached hydrogen (secondary N) is 1. The predicted octanol–water partition coefficient (Wildman–Crippen LogP) is 2.47. The van der Waals surface area contributed by atoms with E-state index in [1.54, 1.807) is 18.3 Å². The molecule has 88 valence electrons. The highest BCUT2D eigenvalue weighted by Gasteiger charge is 1.98. The number of rotatable bonds is 3. The van der Waals surface area contributed by atoms with E-state index in [-0.39, 0.29) is 0 Å². The molecule has 1 aromatic carbocycles. The number of benzene rings is 1. The van der Waals surface area contributed by atoms with Gasteiger partial charge in [-0.15, -0.1) is 0 Å². The number of hydrogen-bond donors (Lipinski definition) is 2. The summed E-state index contributed by atoms with van der Waals surface area (Å²) in [5.74, 6) is 0.752. The number of hydrogen-bond acceptors (Lipinski definition) is 4. The predicted molar refractivity (Wildman–Crippen MR) is 72.7 cm³/mol. The number of nitrogen functional groups attached to an aromatic ring is 1. The number of nitrogens with two attached hydrogens (primary N) is 1. The van der Waals surface area contributed by atoms with E-state index in [1.165, 1.54) is 0 Å². The minimum absolute atomic E-state index is 0.701. The summed E-state index contributed by atoms with van der Waals surface area (Å²) in [4.78, 5) is 6.25. The normalized spacial score (nSPS) is 10.0. The highest BCUT2D eigenvalue weighted by molar-refractivity contribution is 5.62. The molecular formula is C13H16N4. The minimum Gasteiger partial charge on any atom is -0.399 e. The summed E-state index contributed by atoms with van der Waals surface area (Å²) in [6.45, 7) is 0. The van der Waals surface area contributed by atoms with Crippen molar-refractivity contribution in [3.05, 3.63) is 42.6 Å². The molecule has 0 aliphatic rings. The molecule has 3 N–H and O–H groups in total. The Kier molecular flexibility index (Phi) is 3.14. The van der Waals surface area contributed by atoms with Gasteiger partial charge in [-0.3, -0.25) is 0 Å². The van der Waals surface area contributed by atoms with Gasteiger partial charge in [0.1, 0.15) is 5.82 Å². The molecule has 0 bridgehead atoms. The van der Waals surface area contributed by atoms with E-state index >= 15 is 0 Å². The van der Waals surface area contributed by atoms with Gasteiger partial charge in [0.2, 0.25) is 0 Å². The van der Waals surface area contributed by atoms with Gasteiger partial charge in [-0.25, -0.2) is 4.98 Å². The summed E-state index contributed by atoms with van der Waals surface area (Å²) < 4.78 is 0. The van der Waals surface area contributed by atoms with Crippen molar-refractivity contribution in [1.29, 1.82) is 0 Å². The van der Waals surface area contributed by atoms with Crippen LogP contribution in [0.3, 0.4) is 0 Å². The van der Waals surface area contributed by atoms with E-state index in [4.69, 9.17) is 5.73 Å². The van der Waals surface area contributed by atoms with Gasteiger partial charge in [-0.05, 0) is 30.3 Å². The topological polar surface area (TPSA) is 54.2 Å². The van der Waals surface area contributed by atoms with Crippen molar-refractivity contribution >= 4 is 22.9 Å². The highest BCUT2D eigenvalue weighted by atomic mass is 15.1. The molecule has 0 radical (unpaired) electrons. The monoisotopic (exact) mass is 228 g/mol. The Morgan fingerprint density at radius 3 is 2.41 bits per heavy atom. The Bertz CT molecular complexity index is 491. The lowest BCUT2D eigenvalue weighted by atomic mass is 10.2. The number of anilines is 4. The first-order chi connectivity index (χ1) is 8.15. The average Bonchev–Trinajstić information content (AvgIpc) is 2.29. The fourth-order valence-corrected chi connectivity index (χ4v) is 1.51. The number of pyridine rings is 1. The Hall–Kier alpha value is -2.23. The van der Waals surface area contributed by atoms with Crippen molar-refractivity contribution in [2.24, 2.45) is 0 Å². The standard InChI is InChI=1S/C13H16N4/c1-17(2)12-5-3-11(4-6-12)16-13-9-10(14)7-8-15-13/h3-9H,1-2H3,(H3,14,15,16). The molecule has 0 amide bonds. The largest absolute Gasteiger partial charge is 0.399 e. The Morgan fingerprint density at radius 1 is 1.12 bits per heavy atom. The lowest BCUT2D eigenvalue weighted by Crippen LogP contribution is -2.08. The van der Waals surface area contributed by atoms with Gasteiger partial charge in [0.15, 0.2) is 0 Å². The maximum atomic E-state index is 5.69. The van der Waals surface area contributed by atoms with E-state index < -0.39 is 0 Å². The molecule has 1 heterocycles. The molecule has 0 fully saturated rings. The third-order valence-electron chi connectivity index (χ3n) is 2.44. The number of nitrogens with zero attached hydrogens (tertiary/aromatic N) is 2. The quantitative estimate of drug-likeness (QED) is 0.847. The molecule has 0 saturated heterocycles. The molecule has 2 rings (SSSR count). The van der Waals surface area contributed by atoms with E-state index in [0.717, 1.165) is 17.2 Å². The van der Waals surface area contributed by atoms with Crippen LogP contribution in [0.5, 0.6) is 0 Å². The summed E-state index contributed by atoms with van der Waals surface area (Å²) in [6.07, 6.45) is 1.69. The van der Waals surface area contributed by atoms with Crippen molar-refractivity contribution in [3.63, 3.8) is 0 Å². The first-order valence-corrected chi connectivity index (χ1v) is 5.41. The third kappa shape index (κ3) is 2.87. The molecule has 0 aliphatic carbocycles. The van der Waals surface area contributed by atoms with Crippen LogP contribution in [0.25, 0.3) is 0 Å². The lowest BCUT2D eigenvalue weighted by Gasteiger charge is -2.13. The van der Waals surface area contributed by atoms with Crippen molar-refractivity contribution in [2.45, 2.75) is 0 Å². The second kappa shape index (κ2) is 4.74. The van der Waals surface area contributed by atoms with Crippen LogP contribution in [0.2, 0.25) is 0 Å². The summed E-state index contributed by atoms with van der Waals surface area (Å²) in [7, 11) is 4.03. The van der Waals surface area contributed by atoms with Crippen LogP contribution in [0, 0.1) is 0 Å². The van der Waals surface area contributed by atoms with Crippen molar-refractivity contribution < 1.29 is 0 Å². The zero-order valence-electron chi connectivity index (χ0n) is 10.0. The molecule has 2 aromatic rings. The van der Waals surface area contributed by atoms with Crippen LogP contribution in [0.4, 0.5) is 22.9 Å². The summed E-state index contributed by atoms with van der Waals surface area (Å²) in [5.41, 5.74) is 8.55. The van der Waals surface area contributed by atoms with Gasteiger partial charge in [0.25, 0.3) is 0 Å². The highest BCUT2D eigenvalue weighted by Crippen LogP contribution is 2.19. The van der Waals surface area contributed by atoms with E-state index in [2.05, 4.69) is 27.3 Å². The molecule has 0 unspecified atom stereocenters. The maximum absolute atomic E-state index is 5.69. The van der Waals surface area contributed by atoms with Crippen LogP contribution < -0.4 is 16.0 Å². The molecule has 4 nitrogen and oxygen atoms in total. The van der Waals surface area contributed by atoms with Crippen LogP contribution in [0.15, 0.2) is 42.6 Å². The molecule has 0 aliphatic heterocycles. The Morgan fingerprint density at radius 2 is 1.82 bits per heavy atom. The van der Waals surface area contributed by atoms with Gasteiger partial charge in [0.05, 0.1) is 0 Å². The molecule has 0 spiro atoms. The third-order valence-corrected chi connectivity index (χ3v) is 2.44. The second-order valence-electron chi connectivity index (χ2n) is 4.04. The van der Waals surface area contributed by atoms with Gasteiger partial charge >= 0.3 is 0 Å². The zero-order valence-corrected chi connectivity index (χ0v) is 10.0. The van der Waals surface area contributed by atoms with Crippen LogP contribution in [-0.4, -0.2) is 19.1 Å². The molecular weight excluding hydrogens is 212 g/mol. The van der Waals surface area contributed by atoms with Crippen molar-refractivity contribution in [2.75, 3.05) is 30.0 Å².